The highest BCUT2D eigenvalue weighted by Gasteiger charge is 2.35. The molecule has 2 saturated heterocycles. The molecule has 2 unspecified atom stereocenters. The van der Waals surface area contributed by atoms with Gasteiger partial charge in [0.15, 0.2) is 11.6 Å². The number of nitrogens with two attached hydrogens (primary N) is 1. The fraction of sp³-hybridized carbons (Fsp3) is 0.667. The largest absolute Gasteiger partial charge is 0.352 e. The number of hydrazine groups is 1. The Morgan fingerprint density at radius 1 is 1.37 bits per heavy atom. The maximum Gasteiger partial charge on any atom is 0.239 e. The lowest BCUT2D eigenvalue weighted by Gasteiger charge is -2.26. The van der Waals surface area contributed by atoms with Crippen LogP contribution in [-0.2, 0) is 0 Å². The number of rotatable bonds is 2. The van der Waals surface area contributed by atoms with Crippen molar-refractivity contribution in [1.29, 1.82) is 0 Å². The van der Waals surface area contributed by atoms with Gasteiger partial charge in [-0.15, -0.1) is 0 Å². The molecule has 0 radical (unpaired) electrons. The maximum absolute atomic E-state index is 13.9. The number of nitrogens with one attached hydrogen (secondary N) is 1. The average Bonchev–Trinajstić information content (AvgIpc) is 2.65. The van der Waals surface area contributed by atoms with Gasteiger partial charge in [0.2, 0.25) is 5.95 Å². The molecule has 0 aromatic carbocycles. The lowest BCUT2D eigenvalue weighted by atomic mass is 10.1. The van der Waals surface area contributed by atoms with E-state index in [0.29, 0.717) is 17.9 Å². The van der Waals surface area contributed by atoms with Crippen molar-refractivity contribution in [2.45, 2.75) is 31.3 Å². The third kappa shape index (κ3) is 2.23. The molecule has 0 spiro atoms. The Morgan fingerprint density at radius 3 is 2.95 bits per heavy atom. The van der Waals surface area contributed by atoms with Crippen LogP contribution in [0.1, 0.15) is 19.3 Å². The monoisotopic (exact) mass is 266 g/mol. The SMILES string of the molecule is CN1C2CCC1CN(c1nc(NN)ncc1F)CC2. The van der Waals surface area contributed by atoms with Crippen LogP contribution in [0.3, 0.4) is 0 Å². The van der Waals surface area contributed by atoms with Crippen molar-refractivity contribution in [3.8, 4) is 0 Å². The molecule has 2 atom stereocenters. The zero-order valence-electron chi connectivity index (χ0n) is 11.0. The predicted molar refractivity (Wildman–Crippen MR) is 71.2 cm³/mol. The first kappa shape index (κ1) is 12.6. The number of likely N-dealkylation sites (N-methyl/N-ethyl adjacent to an activating group) is 1. The Hall–Kier alpha value is -1.47. The second-order valence-corrected chi connectivity index (χ2v) is 5.29. The van der Waals surface area contributed by atoms with E-state index in [9.17, 15) is 4.39 Å². The Bertz CT molecular complexity index is 468. The number of fused-ring (bicyclic) bond motifs is 2. The number of halogens is 1. The molecule has 2 bridgehead atoms. The molecular formula is C12H19FN6. The molecule has 0 saturated carbocycles. The summed E-state index contributed by atoms with van der Waals surface area (Å²) in [4.78, 5) is 12.4. The van der Waals surface area contributed by atoms with Crippen LogP contribution in [0.4, 0.5) is 16.2 Å². The second-order valence-electron chi connectivity index (χ2n) is 5.29. The predicted octanol–water partition coefficient (Wildman–Crippen LogP) is 0.574. The smallest absolute Gasteiger partial charge is 0.239 e. The minimum atomic E-state index is -0.389. The molecule has 0 aliphatic carbocycles. The molecule has 2 fully saturated rings. The highest BCUT2D eigenvalue weighted by atomic mass is 19.1. The van der Waals surface area contributed by atoms with Gasteiger partial charge < -0.3 is 4.90 Å². The van der Waals surface area contributed by atoms with E-state index in [2.05, 4.69) is 27.3 Å². The van der Waals surface area contributed by atoms with Crippen molar-refractivity contribution in [2.24, 2.45) is 5.84 Å². The first-order valence-electron chi connectivity index (χ1n) is 6.65. The van der Waals surface area contributed by atoms with Crippen LogP contribution >= 0.6 is 0 Å². The van der Waals surface area contributed by atoms with Gasteiger partial charge in [-0.05, 0) is 26.3 Å². The summed E-state index contributed by atoms with van der Waals surface area (Å²) in [5.74, 6) is 5.50. The summed E-state index contributed by atoms with van der Waals surface area (Å²) in [5.41, 5.74) is 2.37. The standard InChI is InChI=1S/C12H19FN6/c1-18-8-2-3-9(18)7-19(5-4-8)11-10(13)6-15-12(16-11)17-14/h6,8-9H,2-5,7,14H2,1H3,(H,15,16,17). The van der Waals surface area contributed by atoms with E-state index in [1.54, 1.807) is 0 Å². The molecule has 1 aromatic heterocycles. The van der Waals surface area contributed by atoms with Crippen LogP contribution in [0, 0.1) is 5.82 Å². The molecule has 104 valence electrons. The summed E-state index contributed by atoms with van der Waals surface area (Å²) in [6.07, 6.45) is 4.63. The summed E-state index contributed by atoms with van der Waals surface area (Å²) in [6.45, 7) is 1.63. The number of hydrogen-bond acceptors (Lipinski definition) is 6. The number of hydrogen-bond donors (Lipinski definition) is 2. The van der Waals surface area contributed by atoms with Crippen LogP contribution in [0.15, 0.2) is 6.20 Å². The average molecular weight is 266 g/mol. The number of anilines is 2. The summed E-state index contributed by atoms with van der Waals surface area (Å²) in [7, 11) is 2.16. The number of nitrogens with zero attached hydrogens (tertiary/aromatic N) is 4. The molecule has 3 heterocycles. The fourth-order valence-electron chi connectivity index (χ4n) is 3.15. The third-order valence-corrected chi connectivity index (χ3v) is 4.30. The van der Waals surface area contributed by atoms with E-state index in [0.717, 1.165) is 19.5 Å². The Morgan fingerprint density at radius 2 is 2.16 bits per heavy atom. The molecule has 3 rings (SSSR count). The van der Waals surface area contributed by atoms with Gasteiger partial charge in [-0.1, -0.05) is 0 Å². The Balaban J connectivity index is 1.86. The molecule has 19 heavy (non-hydrogen) atoms. The Labute approximate surface area is 111 Å². The fourth-order valence-corrected chi connectivity index (χ4v) is 3.15. The molecule has 3 N–H and O–H groups in total. The summed E-state index contributed by atoms with van der Waals surface area (Å²) in [6, 6.07) is 1.10. The van der Waals surface area contributed by atoms with Crippen LogP contribution < -0.4 is 16.2 Å². The van der Waals surface area contributed by atoms with Gasteiger partial charge in [-0.3, -0.25) is 10.3 Å². The van der Waals surface area contributed by atoms with Gasteiger partial charge in [0, 0.05) is 25.2 Å². The van der Waals surface area contributed by atoms with E-state index < -0.39 is 0 Å². The molecule has 7 heteroatoms. The number of aromatic nitrogens is 2. The zero-order valence-corrected chi connectivity index (χ0v) is 11.0. The van der Waals surface area contributed by atoms with Crippen molar-refractivity contribution >= 4 is 11.8 Å². The van der Waals surface area contributed by atoms with Gasteiger partial charge in [0.25, 0.3) is 0 Å². The van der Waals surface area contributed by atoms with Gasteiger partial charge >= 0.3 is 0 Å². The van der Waals surface area contributed by atoms with Gasteiger partial charge in [-0.2, -0.15) is 4.98 Å². The minimum absolute atomic E-state index is 0.249. The highest BCUT2D eigenvalue weighted by molar-refractivity contribution is 5.44. The van der Waals surface area contributed by atoms with E-state index in [1.165, 1.54) is 19.0 Å². The normalized spacial score (nSPS) is 27.4. The second kappa shape index (κ2) is 4.90. The van der Waals surface area contributed by atoms with Crippen molar-refractivity contribution in [3.05, 3.63) is 12.0 Å². The molecule has 6 nitrogen and oxygen atoms in total. The highest BCUT2D eigenvalue weighted by Crippen LogP contribution is 2.30. The number of nitrogen functional groups attached to an aromatic ring is 1. The summed E-state index contributed by atoms with van der Waals surface area (Å²) < 4.78 is 13.9. The van der Waals surface area contributed by atoms with Crippen molar-refractivity contribution in [1.82, 2.24) is 14.9 Å². The molecular weight excluding hydrogens is 247 g/mol. The summed E-state index contributed by atoms with van der Waals surface area (Å²) in [5, 5.41) is 0. The third-order valence-electron chi connectivity index (χ3n) is 4.30. The van der Waals surface area contributed by atoms with E-state index in [1.807, 2.05) is 4.90 Å². The van der Waals surface area contributed by atoms with E-state index in [4.69, 9.17) is 5.84 Å². The molecule has 0 amide bonds. The van der Waals surface area contributed by atoms with Crippen LogP contribution in [0.25, 0.3) is 0 Å². The van der Waals surface area contributed by atoms with Crippen LogP contribution in [0.2, 0.25) is 0 Å². The van der Waals surface area contributed by atoms with Crippen molar-refractivity contribution < 1.29 is 4.39 Å². The maximum atomic E-state index is 13.9. The van der Waals surface area contributed by atoms with Gasteiger partial charge in [-0.25, -0.2) is 15.2 Å². The minimum Gasteiger partial charge on any atom is -0.352 e. The summed E-state index contributed by atoms with van der Waals surface area (Å²) >= 11 is 0. The molecule has 2 aliphatic rings. The lowest BCUT2D eigenvalue weighted by Crippen LogP contribution is -2.37. The molecule has 1 aromatic rings. The van der Waals surface area contributed by atoms with Crippen molar-refractivity contribution in [3.63, 3.8) is 0 Å². The first-order valence-corrected chi connectivity index (χ1v) is 6.65. The Kier molecular flexibility index (Phi) is 3.24. The molecule has 2 aliphatic heterocycles. The quantitative estimate of drug-likeness (QED) is 0.602. The van der Waals surface area contributed by atoms with Crippen LogP contribution in [-0.4, -0.2) is 47.1 Å². The van der Waals surface area contributed by atoms with E-state index >= 15 is 0 Å². The first-order chi connectivity index (χ1) is 9.19. The lowest BCUT2D eigenvalue weighted by molar-refractivity contribution is 0.254. The van der Waals surface area contributed by atoms with Crippen LogP contribution in [0.5, 0.6) is 0 Å². The van der Waals surface area contributed by atoms with Gasteiger partial charge in [0.1, 0.15) is 0 Å². The van der Waals surface area contributed by atoms with Crippen molar-refractivity contribution in [2.75, 3.05) is 30.5 Å². The topological polar surface area (TPSA) is 70.3 Å². The zero-order chi connectivity index (χ0) is 13.4. The van der Waals surface area contributed by atoms with E-state index in [-0.39, 0.29) is 11.8 Å². The van der Waals surface area contributed by atoms with Gasteiger partial charge in [0.05, 0.1) is 6.20 Å².